The van der Waals surface area contributed by atoms with Crippen molar-refractivity contribution < 1.29 is 86.7 Å². The fourth-order valence-electron chi connectivity index (χ4n) is 6.00. The summed E-state index contributed by atoms with van der Waals surface area (Å²) in [6.07, 6.45) is -7.74. The van der Waals surface area contributed by atoms with E-state index in [1.165, 1.54) is 24.3 Å². The average molecular weight is 1080 g/mol. The molecule has 22 heteroatoms. The Morgan fingerprint density at radius 1 is 0.440 bits per heavy atom. The van der Waals surface area contributed by atoms with Gasteiger partial charge in [0.25, 0.3) is 10.1 Å². The van der Waals surface area contributed by atoms with Crippen molar-refractivity contribution in [2.75, 3.05) is 99.8 Å². The van der Waals surface area contributed by atoms with Crippen molar-refractivity contribution in [2.24, 2.45) is 0 Å². The summed E-state index contributed by atoms with van der Waals surface area (Å²) in [5.74, 6) is 1.66. The van der Waals surface area contributed by atoms with E-state index in [2.05, 4.69) is 14.2 Å². The van der Waals surface area contributed by atoms with Gasteiger partial charge in [-0.15, -0.1) is 0 Å². The van der Waals surface area contributed by atoms with Gasteiger partial charge in [-0.25, -0.2) is 0 Å². The molecular weight excluding hydrogens is 1020 g/mol. The summed E-state index contributed by atoms with van der Waals surface area (Å²) >= 11 is 0. The van der Waals surface area contributed by atoms with E-state index in [0.717, 1.165) is 53.0 Å². The molecule has 15 nitrogen and oxygen atoms in total. The van der Waals surface area contributed by atoms with Gasteiger partial charge in [-0.2, -0.15) is 34.8 Å². The molecule has 6 rings (SSSR count). The van der Waals surface area contributed by atoms with Crippen LogP contribution >= 0.6 is 0 Å². The minimum atomic E-state index is -4.37. The number of ether oxygens (including phenoxy) is 9. The predicted molar refractivity (Wildman–Crippen MR) is 266 cm³/mol. The number of aliphatic hydroxyl groups is 1. The van der Waals surface area contributed by atoms with Crippen molar-refractivity contribution >= 4 is 10.1 Å². The number of rotatable bonds is 28. The fraction of sp³-hybridized carbons (Fsp3) is 0.358. The number of alkyl halides is 6. The van der Waals surface area contributed by atoms with Crippen LogP contribution in [0.25, 0.3) is 22.5 Å². The molecule has 0 aliphatic heterocycles. The van der Waals surface area contributed by atoms with E-state index in [1.54, 1.807) is 62.8 Å². The summed E-state index contributed by atoms with van der Waals surface area (Å²) in [5.41, 5.74) is 3.14. The molecule has 408 valence electrons. The molecule has 0 spiro atoms. The molecule has 2 heterocycles. The van der Waals surface area contributed by atoms with Gasteiger partial charge in [-0.1, -0.05) is 12.1 Å². The van der Waals surface area contributed by atoms with Crippen molar-refractivity contribution in [3.8, 4) is 45.5 Å². The third-order valence-corrected chi connectivity index (χ3v) is 10.3. The summed E-state index contributed by atoms with van der Waals surface area (Å²) in [6, 6.07) is 34.3. The maximum Gasteiger partial charge on any atom is 0.416 e. The highest BCUT2D eigenvalue weighted by molar-refractivity contribution is 7.85. The zero-order chi connectivity index (χ0) is 54.4. The molecule has 75 heavy (non-hydrogen) atoms. The molecule has 0 saturated heterocycles. The lowest BCUT2D eigenvalue weighted by Crippen LogP contribution is -2.13. The third kappa shape index (κ3) is 25.4. The number of hydrogen-bond donors (Lipinski definition) is 1. The molecule has 0 bridgehead atoms. The van der Waals surface area contributed by atoms with Crippen molar-refractivity contribution in [3.63, 3.8) is 0 Å². The highest BCUT2D eigenvalue weighted by atomic mass is 32.2. The van der Waals surface area contributed by atoms with E-state index in [-0.39, 0.29) is 19.8 Å². The van der Waals surface area contributed by atoms with Gasteiger partial charge < -0.3 is 47.7 Å². The van der Waals surface area contributed by atoms with Crippen LogP contribution in [0, 0.1) is 0 Å². The molecule has 0 aliphatic carbocycles. The van der Waals surface area contributed by atoms with Crippen LogP contribution in [0.3, 0.4) is 0 Å². The Hall–Kier alpha value is -6.05. The lowest BCUT2D eigenvalue weighted by Gasteiger charge is -2.10. The molecule has 2 aromatic heterocycles. The maximum atomic E-state index is 12.7. The first-order chi connectivity index (χ1) is 36.0. The molecule has 0 amide bonds. The van der Waals surface area contributed by atoms with Crippen LogP contribution in [0.5, 0.6) is 23.0 Å². The summed E-state index contributed by atoms with van der Waals surface area (Å²) in [4.78, 5) is 8.93. The van der Waals surface area contributed by atoms with Gasteiger partial charge in [0.2, 0.25) is 0 Å². The summed E-state index contributed by atoms with van der Waals surface area (Å²) in [6.45, 7) is 5.49. The van der Waals surface area contributed by atoms with Gasteiger partial charge in [0.1, 0.15) is 23.0 Å². The Balaban J connectivity index is 0.000000265. The highest BCUT2D eigenvalue weighted by Crippen LogP contribution is 2.33. The van der Waals surface area contributed by atoms with Crippen LogP contribution in [0.4, 0.5) is 26.3 Å². The van der Waals surface area contributed by atoms with Crippen LogP contribution < -0.4 is 9.47 Å². The number of aromatic nitrogens is 2. The molecule has 1 N–H and O–H groups in total. The molecule has 0 atom stereocenters. The van der Waals surface area contributed by atoms with Crippen molar-refractivity contribution in [2.45, 2.75) is 25.6 Å². The SMILES string of the molecule is COCCOCCOCCOCc1cccc(-c2ccc(Oc3ccc(C(F)(F)F)cc3)cc2)n1.COCCOCCOCCOS(C)(=O)=O.OCc1cccc(-c2ccc(Oc3ccc(C(F)(F)F)cc3)cc2)n1. The molecule has 0 fully saturated rings. The zero-order valence-electron chi connectivity index (χ0n) is 41.5. The molecule has 0 aliphatic rings. The van der Waals surface area contributed by atoms with Gasteiger partial charge in [0.05, 0.1) is 133 Å². The smallest absolute Gasteiger partial charge is 0.416 e. The second-order valence-corrected chi connectivity index (χ2v) is 17.1. The fourth-order valence-corrected chi connectivity index (χ4v) is 6.37. The van der Waals surface area contributed by atoms with Crippen LogP contribution in [-0.2, 0) is 73.0 Å². The maximum absolute atomic E-state index is 12.7. The standard InChI is InChI=1S/C26H28F3NO5.C19H14F3NO2.C8H18O6S/c1-31-13-14-32-15-16-33-17-18-34-19-22-3-2-4-25(30-22)20-5-9-23(10-6-20)35-24-11-7-21(8-12-24)26(27,28)29;20-19(21,22)14-6-10-17(11-7-14)25-16-8-4-13(5-9-16)18-3-1-2-15(12-24)23-18;1-11-3-4-12-5-6-13-7-8-14-15(2,9)10/h2-12H,13-19H2,1H3;1-11,24H,12H2;3-8H2,1-2H3. The van der Waals surface area contributed by atoms with Crippen LogP contribution in [0.2, 0.25) is 0 Å². The Kier molecular flexibility index (Phi) is 27.1. The molecule has 0 unspecified atom stereocenters. The van der Waals surface area contributed by atoms with Crippen molar-refractivity contribution in [1.29, 1.82) is 0 Å². The number of nitrogens with zero attached hydrogens (tertiary/aromatic N) is 2. The van der Waals surface area contributed by atoms with E-state index in [4.69, 9.17) is 47.7 Å². The lowest BCUT2D eigenvalue weighted by molar-refractivity contribution is -0.138. The normalized spacial score (nSPS) is 11.5. The molecule has 6 aromatic rings. The summed E-state index contributed by atoms with van der Waals surface area (Å²) in [7, 11) is -0.130. The number of aliphatic hydroxyl groups excluding tert-OH is 1. The van der Waals surface area contributed by atoms with Gasteiger partial charge >= 0.3 is 12.4 Å². The van der Waals surface area contributed by atoms with Crippen LogP contribution in [0.1, 0.15) is 22.5 Å². The van der Waals surface area contributed by atoms with Crippen molar-refractivity contribution in [3.05, 3.63) is 156 Å². The Morgan fingerprint density at radius 2 is 0.773 bits per heavy atom. The van der Waals surface area contributed by atoms with Crippen LogP contribution in [-0.4, -0.2) is 123 Å². The molecule has 0 saturated carbocycles. The molecular formula is C53H60F6N2O13S. The summed E-state index contributed by atoms with van der Waals surface area (Å²) < 4.78 is 149. The molecule has 4 aromatic carbocycles. The highest BCUT2D eigenvalue weighted by Gasteiger charge is 2.31. The number of pyridine rings is 2. The number of methoxy groups -OCH3 is 2. The topological polar surface area (TPSA) is 172 Å². The van der Waals surface area contributed by atoms with Gasteiger partial charge in [0, 0.05) is 25.3 Å². The zero-order valence-corrected chi connectivity index (χ0v) is 42.3. The second kappa shape index (κ2) is 33.1. The van der Waals surface area contributed by atoms with E-state index in [0.29, 0.717) is 107 Å². The van der Waals surface area contributed by atoms with Gasteiger partial charge in [0.15, 0.2) is 0 Å². The first kappa shape index (κ1) is 61.5. The predicted octanol–water partition coefficient (Wildman–Crippen LogP) is 10.5. The van der Waals surface area contributed by atoms with Gasteiger partial charge in [-0.3, -0.25) is 14.2 Å². The lowest BCUT2D eigenvalue weighted by atomic mass is 10.1. The second-order valence-electron chi connectivity index (χ2n) is 15.5. The average Bonchev–Trinajstić information content (AvgIpc) is 3.39. The largest absolute Gasteiger partial charge is 0.457 e. The molecule has 0 radical (unpaired) electrons. The Bertz CT molecular complexity index is 2610. The van der Waals surface area contributed by atoms with E-state index < -0.39 is 33.6 Å². The number of halogens is 6. The summed E-state index contributed by atoms with van der Waals surface area (Å²) in [5, 5.41) is 9.13. The van der Waals surface area contributed by atoms with E-state index >= 15 is 0 Å². The monoisotopic (exact) mass is 1080 g/mol. The van der Waals surface area contributed by atoms with E-state index in [9.17, 15) is 34.8 Å². The minimum Gasteiger partial charge on any atom is -0.457 e. The first-order valence-electron chi connectivity index (χ1n) is 23.1. The van der Waals surface area contributed by atoms with Gasteiger partial charge in [-0.05, 0) is 121 Å². The first-order valence-corrected chi connectivity index (χ1v) is 24.9. The van der Waals surface area contributed by atoms with Crippen LogP contribution in [0.15, 0.2) is 133 Å². The quantitative estimate of drug-likeness (QED) is 0.0279. The number of hydrogen-bond acceptors (Lipinski definition) is 15. The van der Waals surface area contributed by atoms with Crippen molar-refractivity contribution in [1.82, 2.24) is 9.97 Å². The van der Waals surface area contributed by atoms with E-state index in [1.807, 2.05) is 36.4 Å². The Morgan fingerprint density at radius 3 is 1.13 bits per heavy atom. The third-order valence-electron chi connectivity index (χ3n) is 9.67. The minimum absolute atomic E-state index is 0.0386. The Labute approximate surface area is 432 Å². The number of benzene rings is 4.